The third-order valence-corrected chi connectivity index (χ3v) is 15.6. The van der Waals surface area contributed by atoms with Crippen molar-refractivity contribution in [1.29, 1.82) is 0 Å². The van der Waals surface area contributed by atoms with Gasteiger partial charge in [-0.15, -0.1) is 0 Å². The summed E-state index contributed by atoms with van der Waals surface area (Å²) in [5.41, 5.74) is -8.52. The number of amides is 1. The van der Waals surface area contributed by atoms with Gasteiger partial charge in [-0.2, -0.15) is 0 Å². The number of hydrogen-bond donors (Lipinski definition) is 3. The summed E-state index contributed by atoms with van der Waals surface area (Å²) in [7, 11) is 2.04. The van der Waals surface area contributed by atoms with E-state index in [-0.39, 0.29) is 25.0 Å². The molecular weight excluding hydrogens is 907 g/mol. The van der Waals surface area contributed by atoms with Crippen LogP contribution in [0.15, 0.2) is 60.7 Å². The van der Waals surface area contributed by atoms with E-state index in [1.54, 1.807) is 90.1 Å². The van der Waals surface area contributed by atoms with Crippen LogP contribution < -0.4 is 5.32 Å². The molecule has 382 valence electrons. The van der Waals surface area contributed by atoms with Gasteiger partial charge in [-0.3, -0.25) is 19.2 Å². The molecule has 5 fully saturated rings. The van der Waals surface area contributed by atoms with E-state index in [0.717, 1.165) is 33.1 Å². The van der Waals surface area contributed by atoms with E-state index in [2.05, 4.69) is 15.1 Å². The van der Waals surface area contributed by atoms with Crippen LogP contribution in [0.4, 0.5) is 4.79 Å². The van der Waals surface area contributed by atoms with Gasteiger partial charge in [-0.25, -0.2) is 14.4 Å². The van der Waals surface area contributed by atoms with Crippen molar-refractivity contribution >= 4 is 41.5 Å². The molecule has 2 saturated heterocycles. The Morgan fingerprint density at radius 3 is 2.14 bits per heavy atom. The fourth-order valence-electron chi connectivity index (χ4n) is 11.7. The van der Waals surface area contributed by atoms with Gasteiger partial charge in [0.1, 0.15) is 35.6 Å². The number of benzene rings is 2. The van der Waals surface area contributed by atoms with Gasteiger partial charge in [0.25, 0.3) is 0 Å². The zero-order valence-corrected chi connectivity index (χ0v) is 41.6. The van der Waals surface area contributed by atoms with Crippen molar-refractivity contribution in [1.82, 2.24) is 15.1 Å². The molecule has 2 unspecified atom stereocenters. The molecule has 3 N–H and O–H groups in total. The van der Waals surface area contributed by atoms with Gasteiger partial charge in [0.05, 0.1) is 29.6 Å². The number of piperazine rings is 1. The van der Waals surface area contributed by atoms with Gasteiger partial charge in [0.2, 0.25) is 17.7 Å². The number of ketones is 2. The lowest BCUT2D eigenvalue weighted by Crippen LogP contribution is -2.82. The second-order valence-corrected chi connectivity index (χ2v) is 21.6. The van der Waals surface area contributed by atoms with Crippen LogP contribution >= 0.6 is 0 Å². The van der Waals surface area contributed by atoms with Crippen molar-refractivity contribution in [3.05, 3.63) is 71.8 Å². The van der Waals surface area contributed by atoms with Gasteiger partial charge in [0.15, 0.2) is 5.60 Å². The van der Waals surface area contributed by atoms with Gasteiger partial charge in [0, 0.05) is 69.6 Å². The highest BCUT2D eigenvalue weighted by atomic mass is 16.6. The SMILES string of the molecule is CC(=O)O[C@@]12CO[C@@H]1C[C@H](O)[C@@]1(C)C(=O)C(=O)C3C(C)[C@@H](OC(=O)[C@H](OC(=O)CCCN4CCN(C)CC4)[C@@H](NC(=O)OC(C)(C)C)c4ccccc4)C[C@@](O)([C@@H](OC(=O)c4ccccc4)[C@H]21)C3(C)C. The summed E-state index contributed by atoms with van der Waals surface area (Å²) in [6.45, 7) is 15.8. The average molecular weight is 976 g/mol. The number of esters is 4. The number of rotatable bonds is 13. The molecule has 1 amide bonds. The van der Waals surface area contributed by atoms with Crippen molar-refractivity contribution in [3.8, 4) is 0 Å². The summed E-state index contributed by atoms with van der Waals surface area (Å²) >= 11 is 0. The van der Waals surface area contributed by atoms with Crippen molar-refractivity contribution in [2.75, 3.05) is 46.4 Å². The molecule has 2 aromatic rings. The Hall–Kier alpha value is -5.27. The molecule has 2 bridgehead atoms. The lowest BCUT2D eigenvalue weighted by molar-refractivity contribution is -0.350. The molecule has 5 aliphatic rings. The molecule has 0 spiro atoms. The number of Topliss-reactive ketones (excluding diaryl/α,β-unsaturated/α-hetero) is 2. The Bertz CT molecular complexity index is 2300. The summed E-state index contributed by atoms with van der Waals surface area (Å²) in [6, 6.07) is 14.8. The first-order valence-electron chi connectivity index (χ1n) is 24.3. The molecule has 18 nitrogen and oxygen atoms in total. The molecule has 0 radical (unpaired) electrons. The van der Waals surface area contributed by atoms with Crippen LogP contribution in [0.2, 0.25) is 0 Å². The maximum atomic E-state index is 15.2. The first-order chi connectivity index (χ1) is 32.8. The van der Waals surface area contributed by atoms with Crippen molar-refractivity contribution < 1.29 is 72.2 Å². The van der Waals surface area contributed by atoms with Crippen molar-refractivity contribution in [2.24, 2.45) is 28.6 Å². The molecule has 12 atom stereocenters. The number of carbonyl (C=O) groups excluding carboxylic acids is 7. The molecule has 3 aliphatic carbocycles. The van der Waals surface area contributed by atoms with Gasteiger partial charge in [-0.1, -0.05) is 69.3 Å². The van der Waals surface area contributed by atoms with Gasteiger partial charge >= 0.3 is 30.0 Å². The van der Waals surface area contributed by atoms with E-state index in [4.69, 9.17) is 28.4 Å². The van der Waals surface area contributed by atoms with E-state index < -0.39 is 130 Å². The van der Waals surface area contributed by atoms with Crippen LogP contribution in [0.5, 0.6) is 0 Å². The Labute approximate surface area is 409 Å². The lowest BCUT2D eigenvalue weighted by Gasteiger charge is -2.67. The smallest absolute Gasteiger partial charge is 0.408 e. The fraction of sp³-hybridized carbons (Fsp3) is 0.635. The van der Waals surface area contributed by atoms with Crippen molar-refractivity contribution in [3.63, 3.8) is 0 Å². The van der Waals surface area contributed by atoms with Crippen LogP contribution in [0.25, 0.3) is 0 Å². The highest BCUT2D eigenvalue weighted by molar-refractivity contribution is 6.40. The molecule has 70 heavy (non-hydrogen) atoms. The number of hydrogen-bond acceptors (Lipinski definition) is 17. The normalized spacial score (nSPS) is 32.8. The molecule has 18 heteroatoms. The van der Waals surface area contributed by atoms with E-state index >= 15 is 14.4 Å². The van der Waals surface area contributed by atoms with Crippen molar-refractivity contribution in [2.45, 2.75) is 134 Å². The maximum Gasteiger partial charge on any atom is 0.408 e. The molecular formula is C52H69N3O15. The standard InChI is InChI=1S/C52H69N3O15/c1-30-34(66-46(62)41(67-37(58)21-16-22-55-25-23-54(9)24-26-55)39(32-17-12-10-13-18-32)53-47(63)70-48(3,4)5)28-52(64)44(68-45(61)33-19-14-11-15-20-33)42-50(8,43(60)40(59)38(30)49(52,6)7)35(57)27-36-51(42,29-65-36)69-31(2)56/h10-15,17-20,30,34-36,38-39,41-42,44,57,64H,16,21-29H2,1-9H3,(H,53,63)/t30?,34-,35-,36+,38?,39-,41+,42-,44-,50+,51-,52+/m0/s1. The Kier molecular flexibility index (Phi) is 15.1. The molecule has 3 saturated carbocycles. The molecule has 2 heterocycles. The Balaban J connectivity index is 1.31. The Morgan fingerprint density at radius 2 is 1.56 bits per heavy atom. The first-order valence-corrected chi connectivity index (χ1v) is 24.3. The first kappa shape index (κ1) is 52.6. The number of aliphatic hydroxyl groups is 2. The van der Waals surface area contributed by atoms with Crippen LogP contribution in [0.3, 0.4) is 0 Å². The predicted octanol–water partition coefficient (Wildman–Crippen LogP) is 3.98. The fourth-order valence-corrected chi connectivity index (χ4v) is 11.7. The number of ether oxygens (including phenoxy) is 6. The summed E-state index contributed by atoms with van der Waals surface area (Å²) in [5, 5.41) is 28.5. The monoisotopic (exact) mass is 975 g/mol. The lowest BCUT2D eigenvalue weighted by atomic mass is 9.42. The maximum absolute atomic E-state index is 15.2. The second kappa shape index (κ2) is 20.1. The molecule has 7 rings (SSSR count). The van der Waals surface area contributed by atoms with Crippen LogP contribution in [-0.2, 0) is 52.4 Å². The Morgan fingerprint density at radius 1 is 0.929 bits per heavy atom. The number of fused-ring (bicyclic) bond motifs is 5. The number of likely N-dealkylation sites (N-methyl/N-ethyl adjacent to an activating group) is 1. The number of alkyl carbamates (subject to hydrolysis) is 1. The quantitative estimate of drug-likeness (QED) is 0.146. The zero-order valence-electron chi connectivity index (χ0n) is 41.6. The third kappa shape index (κ3) is 9.98. The van der Waals surface area contributed by atoms with Gasteiger partial charge in [-0.05, 0) is 65.4 Å². The van der Waals surface area contributed by atoms with E-state index in [0.29, 0.717) is 18.5 Å². The number of nitrogens with zero attached hydrogens (tertiary/aromatic N) is 2. The molecule has 0 aromatic heterocycles. The number of aliphatic hydroxyl groups excluding tert-OH is 1. The van der Waals surface area contributed by atoms with Gasteiger partial charge < -0.3 is 53.8 Å². The number of carbonyl (C=O) groups is 7. The minimum absolute atomic E-state index is 0.0655. The highest BCUT2D eigenvalue weighted by Crippen LogP contribution is 2.64. The summed E-state index contributed by atoms with van der Waals surface area (Å²) in [6.07, 6.45) is -9.18. The predicted molar refractivity (Wildman–Crippen MR) is 250 cm³/mol. The second-order valence-electron chi connectivity index (χ2n) is 21.6. The van der Waals surface area contributed by atoms with Crippen LogP contribution in [0.1, 0.15) is 103 Å². The minimum atomic E-state index is -2.41. The third-order valence-electron chi connectivity index (χ3n) is 15.6. The van der Waals surface area contributed by atoms with E-state index in [9.17, 15) is 29.4 Å². The van der Waals surface area contributed by atoms with E-state index in [1.807, 2.05) is 7.05 Å². The molecule has 2 aromatic carbocycles. The minimum Gasteiger partial charge on any atom is -0.459 e. The topological polar surface area (TPSA) is 234 Å². The summed E-state index contributed by atoms with van der Waals surface area (Å²) < 4.78 is 36.4. The molecule has 2 aliphatic heterocycles. The average Bonchev–Trinajstić information content (AvgIpc) is 3.29. The largest absolute Gasteiger partial charge is 0.459 e. The zero-order chi connectivity index (χ0) is 51.1. The van der Waals surface area contributed by atoms with Crippen LogP contribution in [-0.4, -0.2) is 155 Å². The summed E-state index contributed by atoms with van der Waals surface area (Å²) in [4.78, 5) is 105. The summed E-state index contributed by atoms with van der Waals surface area (Å²) in [5.74, 6) is -9.79. The highest BCUT2D eigenvalue weighted by Gasteiger charge is 2.79. The number of nitrogens with one attached hydrogen (secondary N) is 1. The van der Waals surface area contributed by atoms with E-state index in [1.165, 1.54) is 19.1 Å². The van der Waals surface area contributed by atoms with Crippen LogP contribution in [0, 0.1) is 28.6 Å².